The molecular formula is C12H17N3O. The van der Waals surface area contributed by atoms with E-state index in [9.17, 15) is 0 Å². The summed E-state index contributed by atoms with van der Waals surface area (Å²) >= 11 is 0. The second-order valence-corrected chi connectivity index (χ2v) is 4.03. The van der Waals surface area contributed by atoms with Crippen molar-refractivity contribution in [3.05, 3.63) is 22.9 Å². The third-order valence-electron chi connectivity index (χ3n) is 2.70. The molecule has 4 heteroatoms. The van der Waals surface area contributed by atoms with Crippen LogP contribution in [0, 0.1) is 25.2 Å². The Labute approximate surface area is 96.2 Å². The molecule has 0 amide bonds. The number of pyridine rings is 1. The first-order chi connectivity index (χ1) is 7.51. The highest BCUT2D eigenvalue weighted by atomic mass is 16.3. The van der Waals surface area contributed by atoms with E-state index < -0.39 is 0 Å². The summed E-state index contributed by atoms with van der Waals surface area (Å²) in [4.78, 5) is 6.20. The van der Waals surface area contributed by atoms with Crippen LogP contribution in [0.15, 0.2) is 6.07 Å². The van der Waals surface area contributed by atoms with Gasteiger partial charge in [-0.3, -0.25) is 0 Å². The van der Waals surface area contributed by atoms with Gasteiger partial charge in [-0.1, -0.05) is 0 Å². The van der Waals surface area contributed by atoms with Crippen LogP contribution in [0.4, 0.5) is 5.82 Å². The summed E-state index contributed by atoms with van der Waals surface area (Å²) in [5.74, 6) is 0.640. The molecule has 1 atom stereocenters. The van der Waals surface area contributed by atoms with Gasteiger partial charge in [-0.2, -0.15) is 5.26 Å². The quantitative estimate of drug-likeness (QED) is 0.834. The summed E-state index contributed by atoms with van der Waals surface area (Å²) in [5.41, 5.74) is 2.37. The van der Waals surface area contributed by atoms with Crippen LogP contribution >= 0.6 is 0 Å². The Morgan fingerprint density at radius 1 is 1.56 bits per heavy atom. The average molecular weight is 219 g/mol. The van der Waals surface area contributed by atoms with Gasteiger partial charge < -0.3 is 10.0 Å². The van der Waals surface area contributed by atoms with Gasteiger partial charge >= 0.3 is 0 Å². The van der Waals surface area contributed by atoms with Gasteiger partial charge in [0.25, 0.3) is 0 Å². The van der Waals surface area contributed by atoms with E-state index in [0.29, 0.717) is 11.4 Å². The number of rotatable bonds is 3. The molecule has 1 aromatic rings. The fourth-order valence-corrected chi connectivity index (χ4v) is 1.54. The molecule has 1 rings (SSSR count). The predicted molar refractivity (Wildman–Crippen MR) is 63.4 cm³/mol. The second kappa shape index (κ2) is 4.95. The molecule has 16 heavy (non-hydrogen) atoms. The lowest BCUT2D eigenvalue weighted by Crippen LogP contribution is -2.33. The Balaban J connectivity index is 3.27. The fraction of sp³-hybridized carbons (Fsp3) is 0.500. The van der Waals surface area contributed by atoms with E-state index in [1.54, 1.807) is 0 Å². The van der Waals surface area contributed by atoms with Crippen molar-refractivity contribution >= 4 is 5.82 Å². The van der Waals surface area contributed by atoms with Gasteiger partial charge in [0.1, 0.15) is 11.9 Å². The van der Waals surface area contributed by atoms with Crippen molar-refractivity contribution in [2.45, 2.75) is 26.8 Å². The monoisotopic (exact) mass is 219 g/mol. The van der Waals surface area contributed by atoms with E-state index >= 15 is 0 Å². The molecule has 1 N–H and O–H groups in total. The van der Waals surface area contributed by atoms with Crippen molar-refractivity contribution in [2.75, 3.05) is 18.6 Å². The number of aliphatic hydroxyl groups excluding tert-OH is 1. The summed E-state index contributed by atoms with van der Waals surface area (Å²) in [7, 11) is 1.84. The van der Waals surface area contributed by atoms with E-state index in [1.807, 2.05) is 38.8 Å². The lowest BCUT2D eigenvalue weighted by Gasteiger charge is -2.25. The first kappa shape index (κ1) is 12.5. The molecular weight excluding hydrogens is 202 g/mol. The highest BCUT2D eigenvalue weighted by Crippen LogP contribution is 2.22. The maximum Gasteiger partial charge on any atom is 0.147 e. The molecule has 0 aliphatic carbocycles. The maximum atomic E-state index is 9.12. The Bertz CT molecular complexity index is 423. The smallest absolute Gasteiger partial charge is 0.147 e. The van der Waals surface area contributed by atoms with Crippen LogP contribution in [-0.2, 0) is 0 Å². The fourth-order valence-electron chi connectivity index (χ4n) is 1.54. The summed E-state index contributed by atoms with van der Waals surface area (Å²) in [6, 6.07) is 4.00. The Hall–Kier alpha value is -1.60. The molecule has 0 aliphatic rings. The van der Waals surface area contributed by atoms with Gasteiger partial charge in [0.05, 0.1) is 18.2 Å². The molecule has 1 unspecified atom stereocenters. The summed E-state index contributed by atoms with van der Waals surface area (Å²) < 4.78 is 0. The van der Waals surface area contributed by atoms with Crippen molar-refractivity contribution in [1.29, 1.82) is 5.26 Å². The van der Waals surface area contributed by atoms with Gasteiger partial charge in [-0.05, 0) is 32.4 Å². The molecule has 0 bridgehead atoms. The molecule has 4 nitrogen and oxygen atoms in total. The molecule has 0 spiro atoms. The SMILES string of the molecule is Cc1cc(C)c(C#N)c(N(C)C(C)CO)n1. The minimum Gasteiger partial charge on any atom is -0.394 e. The topological polar surface area (TPSA) is 60.2 Å². The normalized spacial score (nSPS) is 12.0. The number of nitrogens with zero attached hydrogens (tertiary/aromatic N) is 3. The minimum atomic E-state index is -0.0548. The molecule has 0 radical (unpaired) electrons. The van der Waals surface area contributed by atoms with Crippen molar-refractivity contribution in [3.8, 4) is 6.07 Å². The van der Waals surface area contributed by atoms with Crippen molar-refractivity contribution in [2.24, 2.45) is 0 Å². The predicted octanol–water partition coefficient (Wildman–Crippen LogP) is 1.39. The van der Waals surface area contributed by atoms with E-state index in [0.717, 1.165) is 11.3 Å². The molecule has 86 valence electrons. The number of likely N-dealkylation sites (N-methyl/N-ethyl adjacent to an activating group) is 1. The van der Waals surface area contributed by atoms with E-state index in [4.69, 9.17) is 10.4 Å². The van der Waals surface area contributed by atoms with Crippen molar-refractivity contribution in [1.82, 2.24) is 4.98 Å². The number of nitriles is 1. The van der Waals surface area contributed by atoms with Gasteiger partial charge in [0.2, 0.25) is 0 Å². The van der Waals surface area contributed by atoms with Crippen LogP contribution in [0.25, 0.3) is 0 Å². The number of aliphatic hydroxyl groups is 1. The van der Waals surface area contributed by atoms with Crippen molar-refractivity contribution in [3.63, 3.8) is 0 Å². The number of hydrogen-bond donors (Lipinski definition) is 1. The van der Waals surface area contributed by atoms with Crippen LogP contribution in [0.3, 0.4) is 0 Å². The Kier molecular flexibility index (Phi) is 3.86. The van der Waals surface area contributed by atoms with E-state index in [1.165, 1.54) is 0 Å². The minimum absolute atomic E-state index is 0.0377. The lowest BCUT2D eigenvalue weighted by atomic mass is 10.1. The van der Waals surface area contributed by atoms with Crippen LogP contribution in [-0.4, -0.2) is 29.8 Å². The standard InChI is InChI=1S/C12H17N3O/c1-8-5-9(2)14-12(11(8)6-13)15(4)10(3)7-16/h5,10,16H,7H2,1-4H3. The first-order valence-electron chi connectivity index (χ1n) is 5.23. The largest absolute Gasteiger partial charge is 0.394 e. The highest BCUT2D eigenvalue weighted by Gasteiger charge is 2.16. The zero-order valence-corrected chi connectivity index (χ0v) is 10.2. The van der Waals surface area contributed by atoms with Gasteiger partial charge in [-0.15, -0.1) is 0 Å². The summed E-state index contributed by atoms with van der Waals surface area (Å²) in [6.07, 6.45) is 0. The molecule has 1 aromatic heterocycles. The van der Waals surface area contributed by atoms with Gasteiger partial charge in [0, 0.05) is 12.7 Å². The third-order valence-corrected chi connectivity index (χ3v) is 2.70. The molecule has 0 aliphatic heterocycles. The number of hydrogen-bond acceptors (Lipinski definition) is 4. The maximum absolute atomic E-state index is 9.12. The molecule has 0 fully saturated rings. The number of aromatic nitrogens is 1. The second-order valence-electron chi connectivity index (χ2n) is 4.03. The Morgan fingerprint density at radius 3 is 2.69 bits per heavy atom. The molecule has 0 aromatic carbocycles. The molecule has 0 saturated heterocycles. The zero-order chi connectivity index (χ0) is 12.3. The molecule has 0 saturated carbocycles. The summed E-state index contributed by atoms with van der Waals surface area (Å²) in [5, 5.41) is 18.2. The van der Waals surface area contributed by atoms with Crippen LogP contribution in [0.2, 0.25) is 0 Å². The van der Waals surface area contributed by atoms with Gasteiger partial charge in [-0.25, -0.2) is 4.98 Å². The van der Waals surface area contributed by atoms with Crippen LogP contribution in [0.5, 0.6) is 0 Å². The first-order valence-corrected chi connectivity index (χ1v) is 5.23. The Morgan fingerprint density at radius 2 is 2.19 bits per heavy atom. The summed E-state index contributed by atoms with van der Waals surface area (Å²) in [6.45, 7) is 5.72. The zero-order valence-electron chi connectivity index (χ0n) is 10.2. The number of anilines is 1. The number of aryl methyl sites for hydroxylation is 2. The lowest BCUT2D eigenvalue weighted by molar-refractivity contribution is 0.269. The molecule has 1 heterocycles. The van der Waals surface area contributed by atoms with Crippen LogP contribution in [0.1, 0.15) is 23.7 Å². The third kappa shape index (κ3) is 2.31. The van der Waals surface area contributed by atoms with Crippen molar-refractivity contribution < 1.29 is 5.11 Å². The van der Waals surface area contributed by atoms with E-state index in [2.05, 4.69) is 11.1 Å². The van der Waals surface area contributed by atoms with Crippen LogP contribution < -0.4 is 4.90 Å². The average Bonchev–Trinajstić information content (AvgIpc) is 2.26. The highest BCUT2D eigenvalue weighted by molar-refractivity contribution is 5.58. The van der Waals surface area contributed by atoms with E-state index in [-0.39, 0.29) is 12.6 Å². The van der Waals surface area contributed by atoms with Gasteiger partial charge in [0.15, 0.2) is 0 Å².